The molecule has 2 aromatic rings. The molecule has 0 aliphatic rings. The summed E-state index contributed by atoms with van der Waals surface area (Å²) in [5.74, 6) is 0.695. The molecule has 2 aromatic carbocycles. The molecule has 0 spiro atoms. The third-order valence-electron chi connectivity index (χ3n) is 1.97. The van der Waals surface area contributed by atoms with Crippen molar-refractivity contribution in [3.63, 3.8) is 0 Å². The van der Waals surface area contributed by atoms with Crippen LogP contribution >= 0.6 is 0 Å². The van der Waals surface area contributed by atoms with Crippen LogP contribution in [0.5, 0.6) is 17.2 Å². The van der Waals surface area contributed by atoms with Crippen molar-refractivity contribution in [1.29, 1.82) is 0 Å². The molecule has 2 rings (SSSR count). The van der Waals surface area contributed by atoms with Crippen LogP contribution in [0.1, 0.15) is 0 Å². The largest absolute Gasteiger partial charge is 0.573 e. The summed E-state index contributed by atoms with van der Waals surface area (Å²) >= 11 is 0. The first kappa shape index (κ1) is 12.3. The molecule has 0 aliphatic carbocycles. The SMILES string of the molecule is FC(F)(F)Oc1ccc(Oc2c[c]ccc2)cc1. The Kier molecular flexibility index (Phi) is 3.41. The number of halogens is 3. The molecule has 0 fully saturated rings. The molecule has 0 atom stereocenters. The van der Waals surface area contributed by atoms with Crippen molar-refractivity contribution in [3.05, 3.63) is 54.6 Å². The summed E-state index contributed by atoms with van der Waals surface area (Å²) in [6.45, 7) is 0. The number of hydrogen-bond acceptors (Lipinski definition) is 2. The molecule has 1 radical (unpaired) electrons. The van der Waals surface area contributed by atoms with Gasteiger partial charge in [-0.25, -0.2) is 0 Å². The predicted octanol–water partition coefficient (Wildman–Crippen LogP) is 4.18. The topological polar surface area (TPSA) is 18.5 Å². The molecule has 93 valence electrons. The fourth-order valence-electron chi connectivity index (χ4n) is 1.29. The second-order valence-electron chi connectivity index (χ2n) is 3.36. The second-order valence-corrected chi connectivity index (χ2v) is 3.36. The number of rotatable bonds is 3. The molecule has 2 nitrogen and oxygen atoms in total. The minimum Gasteiger partial charge on any atom is -0.457 e. The third kappa shape index (κ3) is 3.69. The minimum atomic E-state index is -4.68. The average molecular weight is 253 g/mol. The van der Waals surface area contributed by atoms with Crippen LogP contribution < -0.4 is 9.47 Å². The second kappa shape index (κ2) is 5.00. The van der Waals surface area contributed by atoms with Gasteiger partial charge in [0.05, 0.1) is 0 Å². The van der Waals surface area contributed by atoms with E-state index >= 15 is 0 Å². The van der Waals surface area contributed by atoms with Gasteiger partial charge in [0.2, 0.25) is 0 Å². The maximum absolute atomic E-state index is 11.9. The fourth-order valence-corrected chi connectivity index (χ4v) is 1.29. The zero-order valence-electron chi connectivity index (χ0n) is 9.07. The van der Waals surface area contributed by atoms with E-state index in [2.05, 4.69) is 10.8 Å². The lowest BCUT2D eigenvalue weighted by atomic mass is 10.3. The first-order valence-corrected chi connectivity index (χ1v) is 5.03. The van der Waals surface area contributed by atoms with Crippen LogP contribution in [-0.4, -0.2) is 6.36 Å². The standard InChI is InChI=1S/C13H8F3O2/c14-13(15,16)18-12-8-6-11(7-9-12)17-10-4-2-1-3-5-10/h1-2,4-9H. The van der Waals surface area contributed by atoms with Crippen molar-refractivity contribution in [1.82, 2.24) is 0 Å². The number of hydrogen-bond donors (Lipinski definition) is 0. The summed E-state index contributed by atoms with van der Waals surface area (Å²) < 4.78 is 44.9. The lowest BCUT2D eigenvalue weighted by Gasteiger charge is -2.09. The molecule has 0 N–H and O–H groups in total. The van der Waals surface area contributed by atoms with Crippen LogP contribution in [0.2, 0.25) is 0 Å². The van der Waals surface area contributed by atoms with Gasteiger partial charge in [-0.2, -0.15) is 0 Å². The Morgan fingerprint density at radius 1 is 0.889 bits per heavy atom. The van der Waals surface area contributed by atoms with Crippen LogP contribution in [0, 0.1) is 6.07 Å². The Balaban J connectivity index is 2.04. The highest BCUT2D eigenvalue weighted by molar-refractivity contribution is 5.35. The normalized spacial score (nSPS) is 11.1. The molecule has 0 aromatic heterocycles. The number of benzene rings is 2. The van der Waals surface area contributed by atoms with Crippen molar-refractivity contribution >= 4 is 0 Å². The first-order valence-electron chi connectivity index (χ1n) is 5.03. The highest BCUT2D eigenvalue weighted by atomic mass is 19.4. The van der Waals surface area contributed by atoms with Crippen molar-refractivity contribution in [2.75, 3.05) is 0 Å². The van der Waals surface area contributed by atoms with Crippen LogP contribution in [0.15, 0.2) is 48.5 Å². The molecular weight excluding hydrogens is 245 g/mol. The van der Waals surface area contributed by atoms with Crippen LogP contribution in [0.25, 0.3) is 0 Å². The average Bonchev–Trinajstić information content (AvgIpc) is 2.31. The van der Waals surface area contributed by atoms with Gasteiger partial charge < -0.3 is 9.47 Å². The summed E-state index contributed by atoms with van der Waals surface area (Å²) in [5.41, 5.74) is 0. The monoisotopic (exact) mass is 253 g/mol. The van der Waals surface area contributed by atoms with Crippen molar-refractivity contribution in [3.8, 4) is 17.2 Å². The predicted molar refractivity (Wildman–Crippen MR) is 58.5 cm³/mol. The van der Waals surface area contributed by atoms with Gasteiger partial charge in [0.15, 0.2) is 0 Å². The van der Waals surface area contributed by atoms with E-state index in [0.29, 0.717) is 11.5 Å². The van der Waals surface area contributed by atoms with E-state index in [1.165, 1.54) is 24.3 Å². The minimum absolute atomic E-state index is 0.283. The van der Waals surface area contributed by atoms with Gasteiger partial charge in [0, 0.05) is 0 Å². The molecule has 0 saturated carbocycles. The Morgan fingerprint density at radius 3 is 2.11 bits per heavy atom. The maximum Gasteiger partial charge on any atom is 0.573 e. The first-order chi connectivity index (χ1) is 8.53. The summed E-state index contributed by atoms with van der Waals surface area (Å²) in [4.78, 5) is 0. The number of alkyl halides is 3. The van der Waals surface area contributed by atoms with Crippen molar-refractivity contribution in [2.24, 2.45) is 0 Å². The van der Waals surface area contributed by atoms with Crippen LogP contribution in [0.4, 0.5) is 13.2 Å². The zero-order valence-corrected chi connectivity index (χ0v) is 9.07. The highest BCUT2D eigenvalue weighted by Gasteiger charge is 2.30. The summed E-state index contributed by atoms with van der Waals surface area (Å²) in [6.07, 6.45) is -4.68. The molecule has 0 unspecified atom stereocenters. The van der Waals surface area contributed by atoms with Crippen molar-refractivity contribution in [2.45, 2.75) is 6.36 Å². The van der Waals surface area contributed by atoms with Gasteiger partial charge in [-0.1, -0.05) is 12.1 Å². The van der Waals surface area contributed by atoms with Gasteiger partial charge >= 0.3 is 6.36 Å². The van der Waals surface area contributed by atoms with E-state index in [1.54, 1.807) is 24.3 Å². The lowest BCUT2D eigenvalue weighted by molar-refractivity contribution is -0.274. The van der Waals surface area contributed by atoms with Gasteiger partial charge in [0.25, 0.3) is 0 Å². The summed E-state index contributed by atoms with van der Waals surface area (Å²) in [5, 5.41) is 0. The van der Waals surface area contributed by atoms with Crippen molar-refractivity contribution < 1.29 is 22.6 Å². The maximum atomic E-state index is 11.9. The highest BCUT2D eigenvalue weighted by Crippen LogP contribution is 2.26. The smallest absolute Gasteiger partial charge is 0.457 e. The van der Waals surface area contributed by atoms with E-state index in [4.69, 9.17) is 4.74 Å². The van der Waals surface area contributed by atoms with E-state index in [-0.39, 0.29) is 5.75 Å². The Labute approximate surface area is 102 Å². The Morgan fingerprint density at radius 2 is 1.56 bits per heavy atom. The zero-order chi connectivity index (χ0) is 13.0. The Hall–Kier alpha value is -2.17. The molecule has 0 bridgehead atoms. The summed E-state index contributed by atoms with van der Waals surface area (Å²) in [6, 6.07) is 14.8. The van der Waals surface area contributed by atoms with Gasteiger partial charge in [-0.3, -0.25) is 0 Å². The van der Waals surface area contributed by atoms with E-state index < -0.39 is 6.36 Å². The van der Waals surface area contributed by atoms with E-state index in [9.17, 15) is 13.2 Å². The quantitative estimate of drug-likeness (QED) is 0.817. The van der Waals surface area contributed by atoms with Gasteiger partial charge in [0.1, 0.15) is 17.2 Å². The molecule has 0 aliphatic heterocycles. The fraction of sp³-hybridized carbons (Fsp3) is 0.0769. The molecular formula is C13H8F3O2. The molecule has 18 heavy (non-hydrogen) atoms. The van der Waals surface area contributed by atoms with E-state index in [0.717, 1.165) is 0 Å². The Bertz CT molecular complexity index is 492. The van der Waals surface area contributed by atoms with Gasteiger partial charge in [-0.15, -0.1) is 13.2 Å². The van der Waals surface area contributed by atoms with E-state index in [1.807, 2.05) is 0 Å². The number of ether oxygens (including phenoxy) is 2. The third-order valence-corrected chi connectivity index (χ3v) is 1.97. The molecule has 0 amide bonds. The lowest BCUT2D eigenvalue weighted by Crippen LogP contribution is -2.16. The molecule has 5 heteroatoms. The van der Waals surface area contributed by atoms with Crippen LogP contribution in [0.3, 0.4) is 0 Å². The molecule has 0 saturated heterocycles. The summed E-state index contributed by atoms with van der Waals surface area (Å²) in [7, 11) is 0. The molecule has 0 heterocycles. The van der Waals surface area contributed by atoms with Gasteiger partial charge in [-0.05, 0) is 42.5 Å². The van der Waals surface area contributed by atoms with Crippen LogP contribution in [-0.2, 0) is 0 Å².